The predicted octanol–water partition coefficient (Wildman–Crippen LogP) is 2.03. The molecule has 0 amide bonds. The van der Waals surface area contributed by atoms with Crippen molar-refractivity contribution in [1.82, 2.24) is 9.55 Å². The summed E-state index contributed by atoms with van der Waals surface area (Å²) in [7, 11) is 1.65. The molecule has 3 rings (SSSR count). The number of hydrogen-bond acceptors (Lipinski definition) is 3. The molecule has 5 heteroatoms. The maximum absolute atomic E-state index is 13.3. The van der Waals surface area contributed by atoms with Gasteiger partial charge in [-0.05, 0) is 25.0 Å². The minimum absolute atomic E-state index is 0.0424. The fourth-order valence-electron chi connectivity index (χ4n) is 2.47. The molecule has 1 aliphatic rings. The Hall–Kier alpha value is -1.46. The number of methoxy groups -OCH3 is 1. The van der Waals surface area contributed by atoms with Gasteiger partial charge in [-0.1, -0.05) is 0 Å². The number of fused-ring (bicyclic) bond motifs is 1. The van der Waals surface area contributed by atoms with Crippen LogP contribution in [0.1, 0.15) is 24.7 Å². The number of benzene rings is 1. The lowest BCUT2D eigenvalue weighted by atomic mass is 10.2. The summed E-state index contributed by atoms with van der Waals surface area (Å²) >= 11 is 0. The van der Waals surface area contributed by atoms with Gasteiger partial charge in [-0.15, -0.1) is 0 Å². The van der Waals surface area contributed by atoms with E-state index in [2.05, 4.69) is 9.55 Å². The highest BCUT2D eigenvalue weighted by Crippen LogP contribution is 2.39. The van der Waals surface area contributed by atoms with Crippen LogP contribution in [-0.2, 0) is 11.2 Å². The van der Waals surface area contributed by atoms with Crippen molar-refractivity contribution < 1.29 is 9.13 Å². The van der Waals surface area contributed by atoms with E-state index in [0.29, 0.717) is 24.5 Å². The quantitative estimate of drug-likeness (QED) is 0.898. The first-order valence-corrected chi connectivity index (χ1v) is 6.62. The number of nitrogens with zero attached hydrogens (tertiary/aromatic N) is 2. The van der Waals surface area contributed by atoms with Crippen LogP contribution in [0.15, 0.2) is 18.2 Å². The standard InChI is InChI=1S/C14H18FN3O/c1-19-11(8-16)7-14-17-12-6-9(15)2-5-13(12)18(14)10-3-4-10/h2,5-6,10-11H,3-4,7-8,16H2,1H3. The van der Waals surface area contributed by atoms with Crippen LogP contribution < -0.4 is 5.73 Å². The number of imidazole rings is 1. The third-order valence-electron chi connectivity index (χ3n) is 3.64. The van der Waals surface area contributed by atoms with Crippen LogP contribution in [-0.4, -0.2) is 29.3 Å². The molecule has 1 aromatic heterocycles. The highest BCUT2D eigenvalue weighted by molar-refractivity contribution is 5.76. The number of ether oxygens (including phenoxy) is 1. The van der Waals surface area contributed by atoms with Gasteiger partial charge in [-0.2, -0.15) is 0 Å². The summed E-state index contributed by atoms with van der Waals surface area (Å²) in [6.45, 7) is 0.457. The summed E-state index contributed by atoms with van der Waals surface area (Å²) in [6.07, 6.45) is 2.95. The largest absolute Gasteiger partial charge is 0.380 e. The Morgan fingerprint density at radius 3 is 2.95 bits per heavy atom. The van der Waals surface area contributed by atoms with Crippen molar-refractivity contribution in [2.45, 2.75) is 31.4 Å². The summed E-state index contributed by atoms with van der Waals surface area (Å²) < 4.78 is 20.8. The second-order valence-electron chi connectivity index (χ2n) is 5.06. The zero-order valence-electron chi connectivity index (χ0n) is 11.0. The van der Waals surface area contributed by atoms with E-state index in [0.717, 1.165) is 24.2 Å². The summed E-state index contributed by atoms with van der Waals surface area (Å²) in [4.78, 5) is 4.56. The monoisotopic (exact) mass is 263 g/mol. The molecule has 1 aromatic carbocycles. The molecule has 2 aromatic rings. The summed E-state index contributed by atoms with van der Waals surface area (Å²) in [5, 5.41) is 0. The van der Waals surface area contributed by atoms with E-state index in [1.54, 1.807) is 7.11 Å². The molecule has 0 saturated heterocycles. The van der Waals surface area contributed by atoms with Crippen molar-refractivity contribution in [1.29, 1.82) is 0 Å². The molecule has 0 bridgehead atoms. The summed E-state index contributed by atoms with van der Waals surface area (Å²) in [5.74, 6) is 0.696. The molecule has 2 N–H and O–H groups in total. The Balaban J connectivity index is 2.04. The molecule has 19 heavy (non-hydrogen) atoms. The van der Waals surface area contributed by atoms with Crippen molar-refractivity contribution in [3.63, 3.8) is 0 Å². The van der Waals surface area contributed by atoms with Gasteiger partial charge in [0.05, 0.1) is 17.1 Å². The topological polar surface area (TPSA) is 53.1 Å². The highest BCUT2D eigenvalue weighted by Gasteiger charge is 2.29. The molecule has 0 aliphatic heterocycles. The Bertz CT molecular complexity index is 588. The van der Waals surface area contributed by atoms with E-state index in [9.17, 15) is 4.39 Å². The minimum Gasteiger partial charge on any atom is -0.380 e. The van der Waals surface area contributed by atoms with Crippen molar-refractivity contribution in [2.24, 2.45) is 5.73 Å². The van der Waals surface area contributed by atoms with Gasteiger partial charge in [0.15, 0.2) is 0 Å². The molecule has 102 valence electrons. The number of hydrogen-bond donors (Lipinski definition) is 1. The van der Waals surface area contributed by atoms with Crippen molar-refractivity contribution in [2.75, 3.05) is 13.7 Å². The van der Waals surface area contributed by atoms with Gasteiger partial charge in [0.1, 0.15) is 11.6 Å². The van der Waals surface area contributed by atoms with Crippen molar-refractivity contribution in [3.05, 3.63) is 29.8 Å². The first-order chi connectivity index (χ1) is 9.22. The lowest BCUT2D eigenvalue weighted by Crippen LogP contribution is -2.26. The van der Waals surface area contributed by atoms with E-state index in [1.165, 1.54) is 12.1 Å². The van der Waals surface area contributed by atoms with Gasteiger partial charge >= 0.3 is 0 Å². The zero-order valence-corrected chi connectivity index (χ0v) is 11.0. The van der Waals surface area contributed by atoms with Gasteiger partial charge in [-0.25, -0.2) is 9.37 Å². The lowest BCUT2D eigenvalue weighted by molar-refractivity contribution is 0.107. The molecule has 1 unspecified atom stereocenters. The number of rotatable bonds is 5. The maximum atomic E-state index is 13.3. The predicted molar refractivity (Wildman–Crippen MR) is 71.5 cm³/mol. The fourth-order valence-corrected chi connectivity index (χ4v) is 2.47. The zero-order chi connectivity index (χ0) is 13.4. The van der Waals surface area contributed by atoms with Crippen LogP contribution in [0, 0.1) is 5.82 Å². The van der Waals surface area contributed by atoms with E-state index in [-0.39, 0.29) is 11.9 Å². The summed E-state index contributed by atoms with van der Waals surface area (Å²) in [6, 6.07) is 5.29. The summed E-state index contributed by atoms with van der Waals surface area (Å²) in [5.41, 5.74) is 7.39. The smallest absolute Gasteiger partial charge is 0.125 e. The number of halogens is 1. The molecule has 1 fully saturated rings. The third-order valence-corrected chi connectivity index (χ3v) is 3.64. The lowest BCUT2D eigenvalue weighted by Gasteiger charge is -2.14. The molecule has 1 aliphatic carbocycles. The minimum atomic E-state index is -0.249. The first-order valence-electron chi connectivity index (χ1n) is 6.62. The fraction of sp³-hybridized carbons (Fsp3) is 0.500. The Morgan fingerprint density at radius 1 is 1.53 bits per heavy atom. The molecular formula is C14H18FN3O. The SMILES string of the molecule is COC(CN)Cc1nc2cc(F)ccc2n1C1CC1. The molecule has 1 heterocycles. The molecule has 1 atom stereocenters. The van der Waals surface area contributed by atoms with Gasteiger partial charge < -0.3 is 15.0 Å². The Labute approximate surface area is 111 Å². The van der Waals surface area contributed by atoms with Crippen LogP contribution in [0.4, 0.5) is 4.39 Å². The van der Waals surface area contributed by atoms with E-state index in [4.69, 9.17) is 10.5 Å². The maximum Gasteiger partial charge on any atom is 0.125 e. The van der Waals surface area contributed by atoms with E-state index < -0.39 is 0 Å². The molecule has 4 nitrogen and oxygen atoms in total. The van der Waals surface area contributed by atoms with E-state index >= 15 is 0 Å². The highest BCUT2D eigenvalue weighted by atomic mass is 19.1. The Kier molecular flexibility index (Phi) is 3.24. The van der Waals surface area contributed by atoms with Crippen molar-refractivity contribution >= 4 is 11.0 Å². The van der Waals surface area contributed by atoms with Crippen LogP contribution in [0.5, 0.6) is 0 Å². The van der Waals surface area contributed by atoms with Gasteiger partial charge in [-0.3, -0.25) is 0 Å². The van der Waals surface area contributed by atoms with Crippen LogP contribution in [0.25, 0.3) is 11.0 Å². The van der Waals surface area contributed by atoms with Gasteiger partial charge in [0.25, 0.3) is 0 Å². The second kappa shape index (κ2) is 4.90. The molecule has 1 saturated carbocycles. The number of aromatic nitrogens is 2. The normalized spacial score (nSPS) is 17.0. The average molecular weight is 263 g/mol. The molecule has 0 spiro atoms. The molecular weight excluding hydrogens is 245 g/mol. The van der Waals surface area contributed by atoms with Crippen LogP contribution in [0.2, 0.25) is 0 Å². The van der Waals surface area contributed by atoms with E-state index in [1.807, 2.05) is 6.07 Å². The van der Waals surface area contributed by atoms with Gasteiger partial charge in [0, 0.05) is 32.2 Å². The Morgan fingerprint density at radius 2 is 2.32 bits per heavy atom. The van der Waals surface area contributed by atoms with Crippen LogP contribution in [0.3, 0.4) is 0 Å². The van der Waals surface area contributed by atoms with Crippen LogP contribution >= 0.6 is 0 Å². The first kappa shape index (κ1) is 12.6. The average Bonchev–Trinajstić information content (AvgIpc) is 3.18. The third kappa shape index (κ3) is 2.35. The van der Waals surface area contributed by atoms with Gasteiger partial charge in [0.2, 0.25) is 0 Å². The number of nitrogens with two attached hydrogens (primary N) is 1. The second-order valence-corrected chi connectivity index (χ2v) is 5.06. The molecule has 0 radical (unpaired) electrons. The van der Waals surface area contributed by atoms with Crippen molar-refractivity contribution in [3.8, 4) is 0 Å².